The molecule has 1 aliphatic heterocycles. The maximum atomic E-state index is 4.71. The van der Waals surface area contributed by atoms with Crippen molar-refractivity contribution in [2.75, 3.05) is 11.4 Å². The molecule has 1 aromatic carbocycles. The molecule has 4 heteroatoms. The molecule has 2 heterocycles. The highest BCUT2D eigenvalue weighted by Crippen LogP contribution is 2.30. The number of fused-ring (bicyclic) bond motifs is 1. The fourth-order valence-corrected chi connectivity index (χ4v) is 3.81. The Bertz CT molecular complexity index is 633. The van der Waals surface area contributed by atoms with E-state index in [4.69, 9.17) is 5.10 Å². The van der Waals surface area contributed by atoms with Gasteiger partial charge in [-0.2, -0.15) is 5.10 Å². The summed E-state index contributed by atoms with van der Waals surface area (Å²) in [5.74, 6) is 0. The lowest BCUT2D eigenvalue weighted by molar-refractivity contribution is 0.592. The lowest BCUT2D eigenvalue weighted by Crippen LogP contribution is -2.30. The third kappa shape index (κ3) is 2.73. The second-order valence-electron chi connectivity index (χ2n) is 5.53. The van der Waals surface area contributed by atoms with E-state index in [1.165, 1.54) is 34.3 Å². The van der Waals surface area contributed by atoms with E-state index in [1.807, 2.05) is 0 Å². The Labute approximate surface area is 135 Å². The van der Waals surface area contributed by atoms with Gasteiger partial charge >= 0.3 is 0 Å². The Hall–Kier alpha value is -1.29. The molecule has 0 spiro atoms. The Balaban J connectivity index is 1.93. The maximum absolute atomic E-state index is 4.71. The largest absolute Gasteiger partial charge is 0.365 e. The lowest BCUT2D eigenvalue weighted by atomic mass is 10.0. The van der Waals surface area contributed by atoms with E-state index in [9.17, 15) is 0 Å². The predicted molar refractivity (Wildman–Crippen MR) is 90.8 cm³/mol. The molecule has 1 aromatic heterocycles. The molecule has 0 atom stereocenters. The Kier molecular flexibility index (Phi) is 4.34. The molecule has 0 fully saturated rings. The molecular formula is C17H22BrN3. The number of halogens is 1. The summed E-state index contributed by atoms with van der Waals surface area (Å²) >= 11 is 3.76. The summed E-state index contributed by atoms with van der Waals surface area (Å²) < 4.78 is 3.33. The van der Waals surface area contributed by atoms with Crippen LogP contribution in [0.5, 0.6) is 0 Å². The molecule has 0 amide bonds. The fraction of sp³-hybridized carbons (Fsp3) is 0.471. The normalized spacial score (nSPS) is 14.3. The lowest BCUT2D eigenvalue weighted by Gasteiger charge is -2.31. The summed E-state index contributed by atoms with van der Waals surface area (Å²) in [4.78, 5) is 2.49. The molecule has 0 saturated heterocycles. The summed E-state index contributed by atoms with van der Waals surface area (Å²) in [5, 5.41) is 4.71. The van der Waals surface area contributed by atoms with Crippen LogP contribution >= 0.6 is 15.9 Å². The minimum absolute atomic E-state index is 0.920. The summed E-state index contributed by atoms with van der Waals surface area (Å²) in [5.41, 5.74) is 5.32. The van der Waals surface area contributed by atoms with Gasteiger partial charge in [0.1, 0.15) is 0 Å². The zero-order chi connectivity index (χ0) is 14.8. The van der Waals surface area contributed by atoms with Crippen molar-refractivity contribution in [3.63, 3.8) is 0 Å². The number of nitrogens with zero attached hydrogens (tertiary/aromatic N) is 3. The average Bonchev–Trinajstić information content (AvgIpc) is 2.83. The Morgan fingerprint density at radius 2 is 2.05 bits per heavy atom. The van der Waals surface area contributed by atoms with Crippen LogP contribution < -0.4 is 4.90 Å². The molecule has 0 saturated carbocycles. The molecular weight excluding hydrogens is 326 g/mol. The van der Waals surface area contributed by atoms with Crippen LogP contribution in [0.1, 0.15) is 37.2 Å². The van der Waals surface area contributed by atoms with E-state index >= 15 is 0 Å². The first-order valence-electron chi connectivity index (χ1n) is 7.81. The molecule has 0 unspecified atom stereocenters. The molecule has 112 valence electrons. The maximum Gasteiger partial charge on any atom is 0.0767 e. The van der Waals surface area contributed by atoms with Crippen molar-refractivity contribution in [1.29, 1.82) is 0 Å². The minimum atomic E-state index is 0.920. The first-order chi connectivity index (χ1) is 10.2. The number of aryl methyl sites for hydroxylation is 3. The standard InChI is InChI=1S/C17H22BrN3/c1-3-14-17(18)16(21(4-2)19-14)12-20-11-7-9-13-8-5-6-10-15(13)20/h5-6,8,10H,3-4,7,9,11-12H2,1-2H3. The van der Waals surface area contributed by atoms with E-state index < -0.39 is 0 Å². The van der Waals surface area contributed by atoms with Gasteiger partial charge in [0, 0.05) is 18.8 Å². The first kappa shape index (κ1) is 14.6. The zero-order valence-electron chi connectivity index (χ0n) is 12.8. The van der Waals surface area contributed by atoms with Gasteiger partial charge in [-0.05, 0) is 53.7 Å². The van der Waals surface area contributed by atoms with Gasteiger partial charge in [-0.15, -0.1) is 0 Å². The van der Waals surface area contributed by atoms with E-state index in [2.05, 4.69) is 63.6 Å². The number of rotatable bonds is 4. The van der Waals surface area contributed by atoms with Gasteiger partial charge in [0.25, 0.3) is 0 Å². The molecule has 1 aliphatic rings. The third-order valence-corrected chi connectivity index (χ3v) is 5.16. The molecule has 2 aromatic rings. The van der Waals surface area contributed by atoms with Gasteiger partial charge in [0.2, 0.25) is 0 Å². The summed E-state index contributed by atoms with van der Waals surface area (Å²) in [6, 6.07) is 8.78. The van der Waals surface area contributed by atoms with Crippen molar-refractivity contribution in [2.24, 2.45) is 0 Å². The van der Waals surface area contributed by atoms with Crippen molar-refractivity contribution in [3.05, 3.63) is 45.7 Å². The predicted octanol–water partition coefficient (Wildman–Crippen LogP) is 4.18. The smallest absolute Gasteiger partial charge is 0.0767 e. The van der Waals surface area contributed by atoms with Crippen LogP contribution in [0.2, 0.25) is 0 Å². The summed E-state index contributed by atoms with van der Waals surface area (Å²) in [6.45, 7) is 7.29. The van der Waals surface area contributed by atoms with E-state index in [0.717, 1.165) is 31.7 Å². The monoisotopic (exact) mass is 347 g/mol. The van der Waals surface area contributed by atoms with Crippen LogP contribution in [0.15, 0.2) is 28.7 Å². The van der Waals surface area contributed by atoms with E-state index in [-0.39, 0.29) is 0 Å². The minimum Gasteiger partial charge on any atom is -0.365 e. The topological polar surface area (TPSA) is 21.1 Å². The number of benzene rings is 1. The number of para-hydroxylation sites is 1. The van der Waals surface area contributed by atoms with Crippen LogP contribution in [0.4, 0.5) is 5.69 Å². The van der Waals surface area contributed by atoms with Crippen molar-refractivity contribution < 1.29 is 0 Å². The van der Waals surface area contributed by atoms with Crippen LogP contribution in [0.25, 0.3) is 0 Å². The van der Waals surface area contributed by atoms with Gasteiger partial charge in [-0.1, -0.05) is 25.1 Å². The summed E-state index contributed by atoms with van der Waals surface area (Å²) in [6.07, 6.45) is 3.40. The SMILES string of the molecule is CCc1nn(CC)c(CN2CCCc3ccccc32)c1Br. The first-order valence-corrected chi connectivity index (χ1v) is 8.60. The molecule has 3 rings (SSSR count). The van der Waals surface area contributed by atoms with Gasteiger partial charge in [-0.3, -0.25) is 4.68 Å². The molecule has 0 aliphatic carbocycles. The number of hydrogen-bond donors (Lipinski definition) is 0. The second-order valence-corrected chi connectivity index (χ2v) is 6.32. The highest BCUT2D eigenvalue weighted by Gasteiger charge is 2.21. The van der Waals surface area contributed by atoms with Gasteiger partial charge in [-0.25, -0.2) is 0 Å². The zero-order valence-corrected chi connectivity index (χ0v) is 14.4. The molecule has 21 heavy (non-hydrogen) atoms. The average molecular weight is 348 g/mol. The van der Waals surface area contributed by atoms with Crippen molar-refractivity contribution in [3.8, 4) is 0 Å². The highest BCUT2D eigenvalue weighted by molar-refractivity contribution is 9.10. The van der Waals surface area contributed by atoms with E-state index in [0.29, 0.717) is 0 Å². The Morgan fingerprint density at radius 1 is 1.24 bits per heavy atom. The summed E-state index contributed by atoms with van der Waals surface area (Å²) in [7, 11) is 0. The van der Waals surface area contributed by atoms with Crippen molar-refractivity contribution >= 4 is 21.6 Å². The van der Waals surface area contributed by atoms with Gasteiger partial charge < -0.3 is 4.90 Å². The van der Waals surface area contributed by atoms with Crippen LogP contribution in [0, 0.1) is 0 Å². The molecule has 0 bridgehead atoms. The fourth-order valence-electron chi connectivity index (χ4n) is 3.12. The molecule has 0 N–H and O–H groups in total. The number of anilines is 1. The van der Waals surface area contributed by atoms with Crippen LogP contribution in [-0.4, -0.2) is 16.3 Å². The molecule has 0 radical (unpaired) electrons. The highest BCUT2D eigenvalue weighted by atomic mass is 79.9. The van der Waals surface area contributed by atoms with Gasteiger partial charge in [0.05, 0.1) is 22.4 Å². The van der Waals surface area contributed by atoms with Crippen LogP contribution in [0.3, 0.4) is 0 Å². The quantitative estimate of drug-likeness (QED) is 0.827. The number of aromatic nitrogens is 2. The Morgan fingerprint density at radius 3 is 2.81 bits per heavy atom. The van der Waals surface area contributed by atoms with Crippen LogP contribution in [-0.2, 0) is 25.9 Å². The van der Waals surface area contributed by atoms with Crippen molar-refractivity contribution in [1.82, 2.24) is 9.78 Å². The second kappa shape index (κ2) is 6.22. The third-order valence-electron chi connectivity index (χ3n) is 4.24. The number of hydrogen-bond acceptors (Lipinski definition) is 2. The molecule has 3 nitrogen and oxygen atoms in total. The van der Waals surface area contributed by atoms with E-state index in [1.54, 1.807) is 0 Å². The van der Waals surface area contributed by atoms with Crippen molar-refractivity contribution in [2.45, 2.75) is 46.2 Å². The van der Waals surface area contributed by atoms with Gasteiger partial charge in [0.15, 0.2) is 0 Å².